The Kier molecular flexibility index (Phi) is 4.63. The fourth-order valence-electron chi connectivity index (χ4n) is 1.85. The quantitative estimate of drug-likeness (QED) is 0.887. The lowest BCUT2D eigenvalue weighted by molar-refractivity contribution is 0.162. The molecule has 2 aromatic heterocycles. The topological polar surface area (TPSA) is 47.5 Å². The Morgan fingerprint density at radius 1 is 1.39 bits per heavy atom. The Morgan fingerprint density at radius 2 is 2.22 bits per heavy atom. The van der Waals surface area contributed by atoms with Gasteiger partial charge in [0.05, 0.1) is 12.3 Å². The Labute approximate surface area is 114 Å². The molecule has 0 aromatic carbocycles. The first-order valence-corrected chi connectivity index (χ1v) is 6.59. The zero-order chi connectivity index (χ0) is 13.0. The molecule has 2 heterocycles. The minimum absolute atomic E-state index is 0.0197. The van der Waals surface area contributed by atoms with Crippen LogP contribution in [0.3, 0.4) is 0 Å². The Balaban J connectivity index is 2.26. The summed E-state index contributed by atoms with van der Waals surface area (Å²) in [5.41, 5.74) is 1.02. The monoisotopic (exact) mass is 313 g/mol. The van der Waals surface area contributed by atoms with Gasteiger partial charge < -0.3 is 18.9 Å². The SMILES string of the molecule is CCNC(c1ccc(COC)o1)c1ccoc1Br. The van der Waals surface area contributed by atoms with Crippen LogP contribution in [0.5, 0.6) is 0 Å². The molecule has 0 bridgehead atoms. The number of hydrogen-bond acceptors (Lipinski definition) is 4. The zero-order valence-corrected chi connectivity index (χ0v) is 12.0. The zero-order valence-electron chi connectivity index (χ0n) is 10.4. The molecule has 0 aliphatic carbocycles. The Bertz CT molecular complexity index is 492. The Hall–Kier alpha value is -1.04. The van der Waals surface area contributed by atoms with Crippen molar-refractivity contribution in [3.63, 3.8) is 0 Å². The summed E-state index contributed by atoms with van der Waals surface area (Å²) >= 11 is 3.40. The van der Waals surface area contributed by atoms with Crippen LogP contribution in [-0.2, 0) is 11.3 Å². The molecule has 0 radical (unpaired) electrons. The summed E-state index contributed by atoms with van der Waals surface area (Å²) in [6.07, 6.45) is 1.66. The van der Waals surface area contributed by atoms with Gasteiger partial charge in [0.2, 0.25) is 0 Å². The van der Waals surface area contributed by atoms with E-state index in [-0.39, 0.29) is 6.04 Å². The average molecular weight is 314 g/mol. The third-order valence-corrected chi connectivity index (χ3v) is 3.26. The number of rotatable bonds is 6. The molecule has 2 aromatic rings. The molecule has 0 fully saturated rings. The maximum absolute atomic E-state index is 5.77. The lowest BCUT2D eigenvalue weighted by Gasteiger charge is -2.14. The van der Waals surface area contributed by atoms with E-state index in [1.807, 2.05) is 18.2 Å². The van der Waals surface area contributed by atoms with E-state index in [1.54, 1.807) is 13.4 Å². The summed E-state index contributed by atoms with van der Waals surface area (Å²) in [7, 11) is 1.65. The van der Waals surface area contributed by atoms with Crippen molar-refractivity contribution in [2.75, 3.05) is 13.7 Å². The van der Waals surface area contributed by atoms with Crippen LogP contribution >= 0.6 is 15.9 Å². The summed E-state index contributed by atoms with van der Waals surface area (Å²) in [5.74, 6) is 1.67. The molecule has 1 N–H and O–H groups in total. The van der Waals surface area contributed by atoms with Crippen molar-refractivity contribution < 1.29 is 13.6 Å². The molecular weight excluding hydrogens is 298 g/mol. The third-order valence-electron chi connectivity index (χ3n) is 2.62. The lowest BCUT2D eigenvalue weighted by Crippen LogP contribution is -2.21. The van der Waals surface area contributed by atoms with Crippen molar-refractivity contribution in [2.45, 2.75) is 19.6 Å². The van der Waals surface area contributed by atoms with E-state index in [1.165, 1.54) is 0 Å². The summed E-state index contributed by atoms with van der Waals surface area (Å²) in [6.45, 7) is 3.37. The second kappa shape index (κ2) is 6.22. The van der Waals surface area contributed by atoms with Crippen molar-refractivity contribution in [1.82, 2.24) is 5.32 Å². The number of nitrogens with one attached hydrogen (secondary N) is 1. The number of methoxy groups -OCH3 is 1. The highest BCUT2D eigenvalue weighted by atomic mass is 79.9. The highest BCUT2D eigenvalue weighted by Crippen LogP contribution is 2.30. The maximum atomic E-state index is 5.77. The van der Waals surface area contributed by atoms with Crippen LogP contribution in [-0.4, -0.2) is 13.7 Å². The van der Waals surface area contributed by atoms with Crippen LogP contribution in [0, 0.1) is 0 Å². The first-order chi connectivity index (χ1) is 8.76. The maximum Gasteiger partial charge on any atom is 0.174 e. The normalized spacial score (nSPS) is 12.8. The van der Waals surface area contributed by atoms with Crippen LogP contribution < -0.4 is 5.32 Å². The van der Waals surface area contributed by atoms with Crippen LogP contribution in [0.15, 0.2) is 38.0 Å². The highest BCUT2D eigenvalue weighted by Gasteiger charge is 2.21. The fourth-order valence-corrected chi connectivity index (χ4v) is 2.32. The number of ether oxygens (including phenoxy) is 1. The summed E-state index contributed by atoms with van der Waals surface area (Å²) in [6, 6.07) is 5.79. The fraction of sp³-hybridized carbons (Fsp3) is 0.385. The van der Waals surface area contributed by atoms with Crippen molar-refractivity contribution in [2.24, 2.45) is 0 Å². The predicted molar refractivity (Wildman–Crippen MR) is 71.3 cm³/mol. The van der Waals surface area contributed by atoms with E-state index in [2.05, 4.69) is 28.2 Å². The molecule has 0 amide bonds. The van der Waals surface area contributed by atoms with E-state index in [0.29, 0.717) is 6.61 Å². The lowest BCUT2D eigenvalue weighted by atomic mass is 10.1. The van der Waals surface area contributed by atoms with E-state index in [0.717, 1.165) is 28.3 Å². The molecule has 0 aliphatic heterocycles. The van der Waals surface area contributed by atoms with E-state index < -0.39 is 0 Å². The van der Waals surface area contributed by atoms with Crippen LogP contribution in [0.1, 0.15) is 30.0 Å². The largest absolute Gasteiger partial charge is 0.462 e. The van der Waals surface area contributed by atoms with Crippen molar-refractivity contribution in [3.05, 3.63) is 46.2 Å². The van der Waals surface area contributed by atoms with Gasteiger partial charge in [-0.15, -0.1) is 0 Å². The number of furan rings is 2. The van der Waals surface area contributed by atoms with Gasteiger partial charge in [-0.1, -0.05) is 6.92 Å². The number of halogens is 1. The molecule has 0 aliphatic rings. The standard InChI is InChI=1S/C13H16BrNO3/c1-3-15-12(10-6-7-17-13(10)14)11-5-4-9(18-11)8-16-2/h4-7,12,15H,3,8H2,1-2H3. The summed E-state index contributed by atoms with van der Waals surface area (Å²) in [4.78, 5) is 0. The minimum atomic E-state index is -0.0197. The minimum Gasteiger partial charge on any atom is -0.462 e. The van der Waals surface area contributed by atoms with Crippen molar-refractivity contribution in [1.29, 1.82) is 0 Å². The molecule has 0 saturated heterocycles. The molecule has 0 spiro atoms. The first kappa shape index (κ1) is 13.4. The molecule has 0 saturated carbocycles. The third kappa shape index (κ3) is 2.85. The molecule has 18 heavy (non-hydrogen) atoms. The van der Waals surface area contributed by atoms with Gasteiger partial charge in [0.25, 0.3) is 0 Å². The van der Waals surface area contributed by atoms with Crippen LogP contribution in [0.25, 0.3) is 0 Å². The molecule has 1 atom stereocenters. The van der Waals surface area contributed by atoms with Gasteiger partial charge in [-0.3, -0.25) is 0 Å². The van der Waals surface area contributed by atoms with Gasteiger partial charge in [0.15, 0.2) is 4.67 Å². The van der Waals surface area contributed by atoms with Gasteiger partial charge in [0.1, 0.15) is 18.1 Å². The second-order valence-corrected chi connectivity index (χ2v) is 4.60. The second-order valence-electron chi connectivity index (χ2n) is 3.88. The molecule has 5 heteroatoms. The Morgan fingerprint density at radius 3 is 2.83 bits per heavy atom. The molecule has 1 unspecified atom stereocenters. The van der Waals surface area contributed by atoms with Crippen LogP contribution in [0.4, 0.5) is 0 Å². The molecule has 2 rings (SSSR count). The van der Waals surface area contributed by atoms with Gasteiger partial charge in [0, 0.05) is 12.7 Å². The highest BCUT2D eigenvalue weighted by molar-refractivity contribution is 9.10. The van der Waals surface area contributed by atoms with Crippen molar-refractivity contribution >= 4 is 15.9 Å². The van der Waals surface area contributed by atoms with Gasteiger partial charge >= 0.3 is 0 Å². The first-order valence-electron chi connectivity index (χ1n) is 5.80. The van der Waals surface area contributed by atoms with Crippen LogP contribution in [0.2, 0.25) is 0 Å². The summed E-state index contributed by atoms with van der Waals surface area (Å²) < 4.78 is 16.8. The van der Waals surface area contributed by atoms with E-state index >= 15 is 0 Å². The van der Waals surface area contributed by atoms with E-state index in [9.17, 15) is 0 Å². The van der Waals surface area contributed by atoms with Gasteiger partial charge in [-0.25, -0.2) is 0 Å². The average Bonchev–Trinajstić information content (AvgIpc) is 2.96. The predicted octanol–water partition coefficient (Wildman–Crippen LogP) is 3.48. The van der Waals surface area contributed by atoms with Crippen molar-refractivity contribution in [3.8, 4) is 0 Å². The molecular formula is C13H16BrNO3. The van der Waals surface area contributed by atoms with E-state index in [4.69, 9.17) is 13.6 Å². The summed E-state index contributed by atoms with van der Waals surface area (Å²) in [5, 5.41) is 3.37. The van der Waals surface area contributed by atoms with Gasteiger partial charge in [-0.05, 0) is 40.7 Å². The molecule has 4 nitrogen and oxygen atoms in total. The molecule has 98 valence electrons. The number of hydrogen-bond donors (Lipinski definition) is 1. The van der Waals surface area contributed by atoms with Gasteiger partial charge in [-0.2, -0.15) is 0 Å². The smallest absolute Gasteiger partial charge is 0.174 e.